The van der Waals surface area contributed by atoms with E-state index in [0.717, 1.165) is 12.0 Å². The maximum Gasteiger partial charge on any atom is -0.00726 e. The summed E-state index contributed by atoms with van der Waals surface area (Å²) in [6.45, 7) is 11.7. The predicted molar refractivity (Wildman–Crippen MR) is 61.7 cm³/mol. The topological polar surface area (TPSA) is 0 Å². The highest BCUT2D eigenvalue weighted by Crippen LogP contribution is 2.09. The van der Waals surface area contributed by atoms with Gasteiger partial charge in [0.15, 0.2) is 0 Å². The van der Waals surface area contributed by atoms with Crippen LogP contribution in [0, 0.1) is 0 Å². The average Bonchev–Trinajstić information content (AvgIpc) is 2.11. The van der Waals surface area contributed by atoms with E-state index >= 15 is 0 Å². The fraction of sp³-hybridized carbons (Fsp3) is 0.231. The van der Waals surface area contributed by atoms with Gasteiger partial charge in [0.1, 0.15) is 0 Å². The van der Waals surface area contributed by atoms with Crippen LogP contribution in [-0.2, 0) is 0 Å². The Labute approximate surface area is 81.7 Å². The standard InChI is InChI=1S/C13H18/c1-5-7-9-12(3)11-13(4)10-8-6-2/h5-10H,1,3,11H2,2,4H3/b8-6-,9-7-,13-10+. The molecule has 70 valence electrons. The number of hydrogen-bond acceptors (Lipinski definition) is 0. The Kier molecular flexibility index (Phi) is 6.62. The molecule has 0 radical (unpaired) electrons. The maximum absolute atomic E-state index is 3.94. The van der Waals surface area contributed by atoms with Gasteiger partial charge in [-0.15, -0.1) is 0 Å². The van der Waals surface area contributed by atoms with Crippen molar-refractivity contribution in [2.24, 2.45) is 0 Å². The molecule has 0 aromatic rings. The highest BCUT2D eigenvalue weighted by atomic mass is 14.0. The van der Waals surface area contributed by atoms with Crippen molar-refractivity contribution in [3.8, 4) is 0 Å². The second kappa shape index (κ2) is 7.35. The first-order valence-electron chi connectivity index (χ1n) is 4.46. The van der Waals surface area contributed by atoms with E-state index in [4.69, 9.17) is 0 Å². The second-order valence-electron chi connectivity index (χ2n) is 2.97. The van der Waals surface area contributed by atoms with Gasteiger partial charge in [-0.1, -0.05) is 60.8 Å². The molecular formula is C13H18. The molecule has 0 atom stereocenters. The van der Waals surface area contributed by atoms with Gasteiger partial charge in [0.2, 0.25) is 0 Å². The van der Waals surface area contributed by atoms with Crippen molar-refractivity contribution in [1.82, 2.24) is 0 Å². The zero-order chi connectivity index (χ0) is 10.1. The molecule has 0 unspecified atom stereocenters. The summed E-state index contributed by atoms with van der Waals surface area (Å²) in [5, 5.41) is 0. The van der Waals surface area contributed by atoms with Gasteiger partial charge in [-0.05, 0) is 20.3 Å². The lowest BCUT2D eigenvalue weighted by molar-refractivity contribution is 1.16. The molecule has 0 rings (SSSR count). The lowest BCUT2D eigenvalue weighted by Crippen LogP contribution is -1.78. The van der Waals surface area contributed by atoms with Gasteiger partial charge in [0.25, 0.3) is 0 Å². The minimum Gasteiger partial charge on any atom is -0.0991 e. The van der Waals surface area contributed by atoms with E-state index in [9.17, 15) is 0 Å². The van der Waals surface area contributed by atoms with Gasteiger partial charge < -0.3 is 0 Å². The van der Waals surface area contributed by atoms with Gasteiger partial charge in [0.05, 0.1) is 0 Å². The first-order valence-corrected chi connectivity index (χ1v) is 4.46. The number of rotatable bonds is 5. The molecule has 0 fully saturated rings. The van der Waals surface area contributed by atoms with Crippen molar-refractivity contribution in [1.29, 1.82) is 0 Å². The molecule has 0 N–H and O–H groups in total. The third kappa shape index (κ3) is 7.07. The van der Waals surface area contributed by atoms with E-state index < -0.39 is 0 Å². The molecular weight excluding hydrogens is 156 g/mol. The average molecular weight is 174 g/mol. The fourth-order valence-corrected chi connectivity index (χ4v) is 0.941. The Morgan fingerprint density at radius 3 is 2.54 bits per heavy atom. The van der Waals surface area contributed by atoms with Crippen molar-refractivity contribution >= 4 is 0 Å². The first kappa shape index (κ1) is 11.7. The molecule has 13 heavy (non-hydrogen) atoms. The van der Waals surface area contributed by atoms with E-state index in [0.29, 0.717) is 0 Å². The third-order valence-corrected chi connectivity index (χ3v) is 1.55. The van der Waals surface area contributed by atoms with Crippen LogP contribution in [0.2, 0.25) is 0 Å². The van der Waals surface area contributed by atoms with Crippen LogP contribution in [0.1, 0.15) is 20.3 Å². The summed E-state index contributed by atoms with van der Waals surface area (Å²) < 4.78 is 0. The van der Waals surface area contributed by atoms with Crippen LogP contribution in [0.15, 0.2) is 60.8 Å². The minimum atomic E-state index is 0.925. The molecule has 0 aromatic heterocycles. The maximum atomic E-state index is 3.94. The lowest BCUT2D eigenvalue weighted by atomic mass is 10.1. The molecule has 0 saturated carbocycles. The van der Waals surface area contributed by atoms with Crippen molar-refractivity contribution < 1.29 is 0 Å². The van der Waals surface area contributed by atoms with E-state index in [2.05, 4.69) is 26.2 Å². The molecule has 0 heterocycles. The molecule has 0 aliphatic heterocycles. The SMILES string of the molecule is C=C/C=C\C(=C)C/C(C)=C/C=C\C. The summed E-state index contributed by atoms with van der Waals surface area (Å²) in [6, 6.07) is 0. The van der Waals surface area contributed by atoms with Crippen LogP contribution in [0.4, 0.5) is 0 Å². The summed E-state index contributed by atoms with van der Waals surface area (Å²) in [4.78, 5) is 0. The van der Waals surface area contributed by atoms with Crippen LogP contribution < -0.4 is 0 Å². The number of allylic oxidation sites excluding steroid dienone is 8. The number of hydrogen-bond donors (Lipinski definition) is 0. The highest BCUT2D eigenvalue weighted by Gasteiger charge is 1.89. The molecule has 0 nitrogen and oxygen atoms in total. The van der Waals surface area contributed by atoms with Gasteiger partial charge in [0, 0.05) is 0 Å². The molecule has 0 spiro atoms. The van der Waals surface area contributed by atoms with E-state index in [-0.39, 0.29) is 0 Å². The molecule has 0 amide bonds. The van der Waals surface area contributed by atoms with Gasteiger partial charge in [-0.3, -0.25) is 0 Å². The van der Waals surface area contributed by atoms with Crippen LogP contribution in [-0.4, -0.2) is 0 Å². The highest BCUT2D eigenvalue weighted by molar-refractivity contribution is 5.25. The second-order valence-corrected chi connectivity index (χ2v) is 2.97. The van der Waals surface area contributed by atoms with Crippen molar-refractivity contribution in [3.63, 3.8) is 0 Å². The predicted octanol–water partition coefficient (Wildman–Crippen LogP) is 4.20. The smallest absolute Gasteiger partial charge is 0.00726 e. The summed E-state index contributed by atoms with van der Waals surface area (Å²) >= 11 is 0. The Balaban J connectivity index is 4.05. The van der Waals surface area contributed by atoms with Crippen LogP contribution in [0.5, 0.6) is 0 Å². The fourth-order valence-electron chi connectivity index (χ4n) is 0.941. The minimum absolute atomic E-state index is 0.925. The lowest BCUT2D eigenvalue weighted by Gasteiger charge is -1.98. The molecule has 0 aliphatic carbocycles. The van der Waals surface area contributed by atoms with Gasteiger partial charge in [-0.25, -0.2) is 0 Å². The normalized spacial score (nSPS) is 12.6. The Morgan fingerprint density at radius 2 is 2.00 bits per heavy atom. The Bertz CT molecular complexity index is 249. The Morgan fingerprint density at radius 1 is 1.31 bits per heavy atom. The molecule has 0 aliphatic rings. The van der Waals surface area contributed by atoms with Crippen molar-refractivity contribution in [2.45, 2.75) is 20.3 Å². The summed E-state index contributed by atoms with van der Waals surface area (Å²) in [7, 11) is 0. The van der Waals surface area contributed by atoms with E-state index in [1.54, 1.807) is 6.08 Å². The Hall–Kier alpha value is -1.30. The van der Waals surface area contributed by atoms with Gasteiger partial charge >= 0.3 is 0 Å². The van der Waals surface area contributed by atoms with Crippen LogP contribution in [0.25, 0.3) is 0 Å². The largest absolute Gasteiger partial charge is 0.0991 e. The third-order valence-electron chi connectivity index (χ3n) is 1.55. The van der Waals surface area contributed by atoms with E-state index in [1.807, 2.05) is 31.2 Å². The zero-order valence-corrected chi connectivity index (χ0v) is 8.59. The quantitative estimate of drug-likeness (QED) is 0.548. The van der Waals surface area contributed by atoms with Gasteiger partial charge in [-0.2, -0.15) is 0 Å². The van der Waals surface area contributed by atoms with Crippen molar-refractivity contribution in [3.05, 3.63) is 60.8 Å². The molecule has 0 saturated heterocycles. The summed E-state index contributed by atoms with van der Waals surface area (Å²) in [5.41, 5.74) is 2.43. The van der Waals surface area contributed by atoms with Crippen LogP contribution >= 0.6 is 0 Å². The van der Waals surface area contributed by atoms with Crippen LogP contribution in [0.3, 0.4) is 0 Å². The first-order chi connectivity index (χ1) is 6.20. The van der Waals surface area contributed by atoms with E-state index in [1.165, 1.54) is 5.57 Å². The monoisotopic (exact) mass is 174 g/mol. The van der Waals surface area contributed by atoms with Crippen molar-refractivity contribution in [2.75, 3.05) is 0 Å². The summed E-state index contributed by atoms with van der Waals surface area (Å²) in [6.07, 6.45) is 12.7. The zero-order valence-electron chi connectivity index (χ0n) is 8.59. The molecule has 0 bridgehead atoms. The molecule has 0 aromatic carbocycles. The molecule has 0 heteroatoms. The summed E-state index contributed by atoms with van der Waals surface area (Å²) in [5.74, 6) is 0.